The van der Waals surface area contributed by atoms with Gasteiger partial charge in [0.1, 0.15) is 0 Å². The van der Waals surface area contributed by atoms with Crippen LogP contribution in [0, 0.1) is 6.92 Å². The van der Waals surface area contributed by atoms with Crippen molar-refractivity contribution in [2.75, 3.05) is 39.8 Å². The summed E-state index contributed by atoms with van der Waals surface area (Å²) in [6.07, 6.45) is 5.24. The van der Waals surface area contributed by atoms with E-state index in [-0.39, 0.29) is 0 Å². The summed E-state index contributed by atoms with van der Waals surface area (Å²) in [4.78, 5) is 14.3. The van der Waals surface area contributed by atoms with Gasteiger partial charge in [0.25, 0.3) is 0 Å². The zero-order chi connectivity index (χ0) is 15.5. The van der Waals surface area contributed by atoms with Gasteiger partial charge in [-0.15, -0.1) is 11.3 Å². The maximum atomic E-state index is 4.72. The smallest absolute Gasteiger partial charge is 0.152 e. The van der Waals surface area contributed by atoms with E-state index in [4.69, 9.17) is 9.97 Å². The molecule has 0 amide bonds. The van der Waals surface area contributed by atoms with E-state index in [1.54, 1.807) is 11.3 Å². The number of fused-ring (bicyclic) bond motifs is 1. The van der Waals surface area contributed by atoms with Crippen LogP contribution in [-0.2, 0) is 6.42 Å². The Kier molecular flexibility index (Phi) is 4.86. The van der Waals surface area contributed by atoms with Crippen LogP contribution >= 0.6 is 11.3 Å². The first-order chi connectivity index (χ1) is 10.7. The number of thiophene rings is 1. The lowest BCUT2D eigenvalue weighted by Gasteiger charge is -2.31. The van der Waals surface area contributed by atoms with Crippen LogP contribution in [0.4, 0.5) is 0 Å². The Hall–Kier alpha value is -1.30. The van der Waals surface area contributed by atoms with Gasteiger partial charge in [0.2, 0.25) is 0 Å². The summed E-state index contributed by atoms with van der Waals surface area (Å²) in [5.41, 5.74) is 3.55. The van der Waals surface area contributed by atoms with E-state index in [1.165, 1.54) is 16.0 Å². The van der Waals surface area contributed by atoms with Crippen molar-refractivity contribution in [3.8, 4) is 0 Å². The molecule has 0 saturated carbocycles. The first kappa shape index (κ1) is 15.6. The third-order valence-electron chi connectivity index (χ3n) is 4.24. The Labute approximate surface area is 136 Å². The van der Waals surface area contributed by atoms with E-state index in [0.29, 0.717) is 0 Å². The van der Waals surface area contributed by atoms with E-state index in [9.17, 15) is 0 Å². The normalized spacial score (nSPS) is 17.8. The molecule has 3 heterocycles. The second-order valence-corrected chi connectivity index (χ2v) is 6.86. The number of aromatic nitrogens is 2. The Bertz CT molecular complexity index is 669. The average Bonchev–Trinajstić information content (AvgIpc) is 2.90. The lowest BCUT2D eigenvalue weighted by Crippen LogP contribution is -2.44. The molecule has 0 atom stereocenters. The highest BCUT2D eigenvalue weighted by molar-refractivity contribution is 7.17. The van der Waals surface area contributed by atoms with E-state index in [1.807, 2.05) is 0 Å². The molecule has 0 aromatic carbocycles. The maximum Gasteiger partial charge on any atom is 0.152 e. The second kappa shape index (κ2) is 6.86. The molecule has 118 valence electrons. The molecule has 1 aliphatic heterocycles. The minimum absolute atomic E-state index is 0.847. The largest absolute Gasteiger partial charge is 0.304 e. The Morgan fingerprint density at radius 1 is 1.23 bits per heavy atom. The molecule has 0 aliphatic carbocycles. The highest BCUT2D eigenvalue weighted by Gasteiger charge is 2.12. The molecule has 22 heavy (non-hydrogen) atoms. The number of hydrogen-bond donors (Lipinski definition) is 0. The van der Waals surface area contributed by atoms with Crippen LogP contribution in [0.3, 0.4) is 0 Å². The van der Waals surface area contributed by atoms with Crippen LogP contribution in [0.1, 0.15) is 24.0 Å². The zero-order valence-corrected chi connectivity index (χ0v) is 14.5. The molecule has 4 nitrogen and oxygen atoms in total. The monoisotopic (exact) mass is 316 g/mol. The fourth-order valence-electron chi connectivity index (χ4n) is 2.76. The Morgan fingerprint density at radius 3 is 2.73 bits per heavy atom. The van der Waals surface area contributed by atoms with Gasteiger partial charge >= 0.3 is 0 Å². The first-order valence-corrected chi connectivity index (χ1v) is 8.87. The summed E-state index contributed by atoms with van der Waals surface area (Å²) in [5, 5.41) is 2.18. The van der Waals surface area contributed by atoms with Crippen molar-refractivity contribution in [2.24, 2.45) is 0 Å². The van der Waals surface area contributed by atoms with Gasteiger partial charge in [0.15, 0.2) is 5.82 Å². The molecule has 0 N–H and O–H groups in total. The number of likely N-dealkylation sites (N-methyl/N-ethyl adjacent to an activating group) is 1. The molecule has 2 aromatic heterocycles. The number of aryl methyl sites for hydroxylation is 2. The van der Waals surface area contributed by atoms with Crippen molar-refractivity contribution in [3.63, 3.8) is 0 Å². The van der Waals surface area contributed by atoms with Gasteiger partial charge in [-0.2, -0.15) is 0 Å². The van der Waals surface area contributed by atoms with Gasteiger partial charge in [-0.3, -0.25) is 4.90 Å². The van der Waals surface area contributed by atoms with Gasteiger partial charge in [0, 0.05) is 32.7 Å². The quantitative estimate of drug-likeness (QED) is 0.868. The number of rotatable bonds is 4. The maximum absolute atomic E-state index is 4.72. The number of piperazine rings is 1. The molecule has 3 rings (SSSR count). The van der Waals surface area contributed by atoms with Crippen LogP contribution in [0.2, 0.25) is 0 Å². The van der Waals surface area contributed by atoms with Crippen LogP contribution < -0.4 is 0 Å². The van der Waals surface area contributed by atoms with E-state index in [0.717, 1.165) is 50.5 Å². The van der Waals surface area contributed by atoms with Crippen LogP contribution in [0.5, 0.6) is 0 Å². The molecular weight excluding hydrogens is 292 g/mol. The minimum atomic E-state index is 0.847. The Morgan fingerprint density at radius 2 is 2.00 bits per heavy atom. The number of nitrogens with zero attached hydrogens (tertiary/aromatic N) is 4. The van der Waals surface area contributed by atoms with Gasteiger partial charge in [0.05, 0.1) is 15.9 Å². The Balaban J connectivity index is 1.73. The molecule has 0 radical (unpaired) electrons. The van der Waals surface area contributed by atoms with Gasteiger partial charge in [-0.25, -0.2) is 9.97 Å². The predicted octanol–water partition coefficient (Wildman–Crippen LogP) is 2.82. The fraction of sp³-hybridized carbons (Fsp3) is 0.529. The molecule has 0 unspecified atom stereocenters. The topological polar surface area (TPSA) is 32.3 Å². The van der Waals surface area contributed by atoms with Crippen molar-refractivity contribution in [1.82, 2.24) is 19.8 Å². The first-order valence-electron chi connectivity index (χ1n) is 7.99. The van der Waals surface area contributed by atoms with Gasteiger partial charge in [-0.05, 0) is 37.4 Å². The highest BCUT2D eigenvalue weighted by Crippen LogP contribution is 2.26. The summed E-state index contributed by atoms with van der Waals surface area (Å²) >= 11 is 1.76. The summed E-state index contributed by atoms with van der Waals surface area (Å²) in [7, 11) is 2.19. The van der Waals surface area contributed by atoms with E-state index < -0.39 is 0 Å². The SMILES string of the molecule is CCc1nc(/C=C/CN2CCN(C)CC2)nc2c(C)csc12. The minimum Gasteiger partial charge on any atom is -0.304 e. The van der Waals surface area contributed by atoms with Crippen molar-refractivity contribution < 1.29 is 0 Å². The lowest BCUT2D eigenvalue weighted by atomic mass is 10.2. The average molecular weight is 316 g/mol. The summed E-state index contributed by atoms with van der Waals surface area (Å²) in [5.74, 6) is 0.847. The second-order valence-electron chi connectivity index (χ2n) is 5.98. The standard InChI is InChI=1S/C17H24N4S/c1-4-14-17-16(13(2)12-22-17)19-15(18-14)6-5-7-21-10-8-20(3)9-11-21/h5-6,12H,4,7-11H2,1-3H3/b6-5+. The molecule has 2 aromatic rings. The highest BCUT2D eigenvalue weighted by atomic mass is 32.1. The van der Waals surface area contributed by atoms with Crippen LogP contribution in [0.15, 0.2) is 11.5 Å². The summed E-state index contributed by atoms with van der Waals surface area (Å²) < 4.78 is 1.25. The van der Waals surface area contributed by atoms with Crippen molar-refractivity contribution in [1.29, 1.82) is 0 Å². The third-order valence-corrected chi connectivity index (χ3v) is 5.38. The van der Waals surface area contributed by atoms with Crippen molar-refractivity contribution in [3.05, 3.63) is 28.5 Å². The number of hydrogen-bond acceptors (Lipinski definition) is 5. The fourth-order valence-corrected chi connectivity index (χ4v) is 3.81. The molecular formula is C17H24N4S. The van der Waals surface area contributed by atoms with Crippen molar-refractivity contribution >= 4 is 27.6 Å². The van der Waals surface area contributed by atoms with E-state index in [2.05, 4.69) is 48.2 Å². The van der Waals surface area contributed by atoms with E-state index >= 15 is 0 Å². The third kappa shape index (κ3) is 3.37. The molecule has 0 bridgehead atoms. The lowest BCUT2D eigenvalue weighted by molar-refractivity contribution is 0.167. The summed E-state index contributed by atoms with van der Waals surface area (Å²) in [6, 6.07) is 0. The molecule has 1 saturated heterocycles. The van der Waals surface area contributed by atoms with Crippen molar-refractivity contribution in [2.45, 2.75) is 20.3 Å². The van der Waals surface area contributed by atoms with Crippen LogP contribution in [0.25, 0.3) is 16.3 Å². The summed E-state index contributed by atoms with van der Waals surface area (Å²) in [6.45, 7) is 9.88. The van der Waals surface area contributed by atoms with Crippen LogP contribution in [-0.4, -0.2) is 59.5 Å². The molecule has 1 fully saturated rings. The predicted molar refractivity (Wildman–Crippen MR) is 94.5 cm³/mol. The van der Waals surface area contributed by atoms with Gasteiger partial charge in [-0.1, -0.05) is 13.0 Å². The van der Waals surface area contributed by atoms with Gasteiger partial charge < -0.3 is 4.90 Å². The molecule has 5 heteroatoms. The molecule has 1 aliphatic rings. The zero-order valence-electron chi connectivity index (χ0n) is 13.7. The molecule has 0 spiro atoms.